The van der Waals surface area contributed by atoms with Gasteiger partial charge >= 0.3 is 0 Å². The van der Waals surface area contributed by atoms with Crippen molar-refractivity contribution in [2.75, 3.05) is 6.54 Å². The van der Waals surface area contributed by atoms with Crippen molar-refractivity contribution in [1.29, 1.82) is 0 Å². The molecule has 3 nitrogen and oxygen atoms in total. The standard InChI is InChI=1S/C12H18INO2/c13-11-5-4-10(16-11)8-14-9-12(15)6-2-1-3-7-12/h4-5,14-15H,1-3,6-9H2. The predicted molar refractivity (Wildman–Crippen MR) is 71.2 cm³/mol. The van der Waals surface area contributed by atoms with Crippen LogP contribution in [-0.4, -0.2) is 17.3 Å². The molecule has 1 heterocycles. The molecule has 0 atom stereocenters. The highest BCUT2D eigenvalue weighted by atomic mass is 127. The molecule has 0 radical (unpaired) electrons. The maximum absolute atomic E-state index is 10.3. The number of halogens is 1. The monoisotopic (exact) mass is 335 g/mol. The van der Waals surface area contributed by atoms with E-state index in [4.69, 9.17) is 4.42 Å². The smallest absolute Gasteiger partial charge is 0.164 e. The Morgan fingerprint density at radius 1 is 1.31 bits per heavy atom. The molecule has 0 amide bonds. The SMILES string of the molecule is OC1(CNCc2ccc(I)o2)CCCCC1. The number of hydrogen-bond donors (Lipinski definition) is 2. The van der Waals surface area contributed by atoms with Crippen molar-refractivity contribution in [1.82, 2.24) is 5.32 Å². The molecule has 16 heavy (non-hydrogen) atoms. The fraction of sp³-hybridized carbons (Fsp3) is 0.667. The molecule has 0 bridgehead atoms. The predicted octanol–water partition coefficient (Wildman–Crippen LogP) is 2.67. The second-order valence-electron chi connectivity index (χ2n) is 4.59. The Morgan fingerprint density at radius 2 is 2.06 bits per heavy atom. The van der Waals surface area contributed by atoms with Crippen LogP contribution < -0.4 is 5.32 Å². The van der Waals surface area contributed by atoms with E-state index in [9.17, 15) is 5.11 Å². The van der Waals surface area contributed by atoms with Gasteiger partial charge in [-0.3, -0.25) is 0 Å². The maximum atomic E-state index is 10.3. The zero-order valence-corrected chi connectivity index (χ0v) is 11.5. The number of furan rings is 1. The van der Waals surface area contributed by atoms with Crippen molar-refractivity contribution in [3.05, 3.63) is 21.7 Å². The second kappa shape index (κ2) is 5.51. The van der Waals surface area contributed by atoms with E-state index < -0.39 is 5.60 Å². The average molecular weight is 335 g/mol. The van der Waals surface area contributed by atoms with Gasteiger partial charge in [-0.25, -0.2) is 0 Å². The lowest BCUT2D eigenvalue weighted by Gasteiger charge is -2.32. The molecular formula is C12H18INO2. The van der Waals surface area contributed by atoms with E-state index in [-0.39, 0.29) is 0 Å². The van der Waals surface area contributed by atoms with E-state index in [1.54, 1.807) is 0 Å². The van der Waals surface area contributed by atoms with Crippen LogP contribution in [0.3, 0.4) is 0 Å². The van der Waals surface area contributed by atoms with Crippen molar-refractivity contribution < 1.29 is 9.52 Å². The molecule has 0 unspecified atom stereocenters. The summed E-state index contributed by atoms with van der Waals surface area (Å²) in [5.41, 5.74) is -0.488. The van der Waals surface area contributed by atoms with Gasteiger partial charge in [0.1, 0.15) is 5.76 Å². The zero-order chi connectivity index (χ0) is 11.4. The topological polar surface area (TPSA) is 45.4 Å². The van der Waals surface area contributed by atoms with Crippen molar-refractivity contribution in [3.63, 3.8) is 0 Å². The third-order valence-electron chi connectivity index (χ3n) is 3.17. The van der Waals surface area contributed by atoms with Gasteiger partial charge in [0.15, 0.2) is 3.77 Å². The van der Waals surface area contributed by atoms with Crippen LogP contribution in [0, 0.1) is 3.77 Å². The molecule has 1 aromatic heterocycles. The number of nitrogens with one attached hydrogen (secondary N) is 1. The molecule has 0 saturated heterocycles. The van der Waals surface area contributed by atoms with Gasteiger partial charge in [-0.05, 0) is 47.6 Å². The van der Waals surface area contributed by atoms with E-state index in [2.05, 4.69) is 27.9 Å². The van der Waals surface area contributed by atoms with Crippen LogP contribution in [0.15, 0.2) is 16.5 Å². The summed E-state index contributed by atoms with van der Waals surface area (Å²) in [6.07, 6.45) is 5.41. The molecule has 1 aliphatic rings. The summed E-state index contributed by atoms with van der Waals surface area (Å²) in [6.45, 7) is 1.37. The van der Waals surface area contributed by atoms with Gasteiger partial charge in [0.2, 0.25) is 0 Å². The number of aliphatic hydroxyl groups is 1. The highest BCUT2D eigenvalue weighted by molar-refractivity contribution is 14.1. The Bertz CT molecular complexity index is 332. The van der Waals surface area contributed by atoms with Crippen LogP contribution >= 0.6 is 22.6 Å². The summed E-state index contributed by atoms with van der Waals surface area (Å²) in [5.74, 6) is 0.934. The highest BCUT2D eigenvalue weighted by Crippen LogP contribution is 2.27. The molecular weight excluding hydrogens is 317 g/mol. The average Bonchev–Trinajstić information content (AvgIpc) is 2.65. The lowest BCUT2D eigenvalue weighted by atomic mass is 9.85. The van der Waals surface area contributed by atoms with Crippen molar-refractivity contribution in [2.24, 2.45) is 0 Å². The molecule has 2 N–H and O–H groups in total. The molecule has 4 heteroatoms. The van der Waals surface area contributed by atoms with Crippen LogP contribution in [0.2, 0.25) is 0 Å². The van der Waals surface area contributed by atoms with Crippen molar-refractivity contribution in [3.8, 4) is 0 Å². The fourth-order valence-corrected chi connectivity index (χ4v) is 2.71. The third kappa shape index (κ3) is 3.46. The summed E-state index contributed by atoms with van der Waals surface area (Å²) in [6, 6.07) is 3.92. The van der Waals surface area contributed by atoms with E-state index >= 15 is 0 Å². The summed E-state index contributed by atoms with van der Waals surface area (Å²) >= 11 is 2.15. The van der Waals surface area contributed by atoms with Gasteiger partial charge in [-0.15, -0.1) is 0 Å². The first-order valence-corrected chi connectivity index (χ1v) is 6.93. The molecule has 1 fully saturated rings. The largest absolute Gasteiger partial charge is 0.454 e. The Balaban J connectivity index is 1.74. The Hall–Kier alpha value is -0.0700. The van der Waals surface area contributed by atoms with Crippen LogP contribution in [0.25, 0.3) is 0 Å². The second-order valence-corrected chi connectivity index (χ2v) is 5.66. The summed E-state index contributed by atoms with van der Waals surface area (Å²) in [4.78, 5) is 0. The van der Waals surface area contributed by atoms with Crippen molar-refractivity contribution >= 4 is 22.6 Å². The molecule has 1 aromatic rings. The molecule has 1 aliphatic carbocycles. The molecule has 1 saturated carbocycles. The van der Waals surface area contributed by atoms with E-state index in [1.165, 1.54) is 6.42 Å². The highest BCUT2D eigenvalue weighted by Gasteiger charge is 2.28. The number of rotatable bonds is 4. The first-order valence-electron chi connectivity index (χ1n) is 5.85. The fourth-order valence-electron chi connectivity index (χ4n) is 2.25. The summed E-state index contributed by atoms with van der Waals surface area (Å²) in [5, 5.41) is 13.5. The van der Waals surface area contributed by atoms with E-state index in [0.717, 1.165) is 35.2 Å². The van der Waals surface area contributed by atoms with Crippen LogP contribution in [0.5, 0.6) is 0 Å². The minimum Gasteiger partial charge on any atom is -0.454 e. The molecule has 0 aromatic carbocycles. The Kier molecular flexibility index (Phi) is 4.27. The lowest BCUT2D eigenvalue weighted by Crippen LogP contribution is -2.41. The van der Waals surface area contributed by atoms with Gasteiger partial charge in [0.05, 0.1) is 12.1 Å². The lowest BCUT2D eigenvalue weighted by molar-refractivity contribution is 0.00437. The van der Waals surface area contributed by atoms with Crippen LogP contribution in [0.4, 0.5) is 0 Å². The third-order valence-corrected chi connectivity index (χ3v) is 3.75. The van der Waals surface area contributed by atoms with Crippen LogP contribution in [0.1, 0.15) is 37.9 Å². The van der Waals surface area contributed by atoms with Gasteiger partial charge in [0, 0.05) is 6.54 Å². The molecule has 0 spiro atoms. The van der Waals surface area contributed by atoms with E-state index in [1.807, 2.05) is 12.1 Å². The minimum atomic E-state index is -0.488. The Labute approximate surface area is 110 Å². The summed E-state index contributed by atoms with van der Waals surface area (Å²) in [7, 11) is 0. The Morgan fingerprint density at radius 3 is 2.69 bits per heavy atom. The molecule has 2 rings (SSSR count). The van der Waals surface area contributed by atoms with Gasteiger partial charge in [-0.2, -0.15) is 0 Å². The maximum Gasteiger partial charge on any atom is 0.164 e. The van der Waals surface area contributed by atoms with Gasteiger partial charge in [0.25, 0.3) is 0 Å². The normalized spacial score (nSPS) is 19.9. The number of hydrogen-bond acceptors (Lipinski definition) is 3. The first kappa shape index (κ1) is 12.4. The zero-order valence-electron chi connectivity index (χ0n) is 9.34. The molecule has 0 aliphatic heterocycles. The first-order chi connectivity index (χ1) is 7.68. The van der Waals surface area contributed by atoms with E-state index in [0.29, 0.717) is 13.1 Å². The van der Waals surface area contributed by atoms with Crippen molar-refractivity contribution in [2.45, 2.75) is 44.2 Å². The van der Waals surface area contributed by atoms with Gasteiger partial charge in [-0.1, -0.05) is 19.3 Å². The molecule has 90 valence electrons. The summed E-state index contributed by atoms with van der Waals surface area (Å²) < 4.78 is 6.36. The van der Waals surface area contributed by atoms with Gasteiger partial charge < -0.3 is 14.8 Å². The minimum absolute atomic E-state index is 0.488. The quantitative estimate of drug-likeness (QED) is 0.832. The van der Waals surface area contributed by atoms with Crippen LogP contribution in [-0.2, 0) is 6.54 Å².